The lowest BCUT2D eigenvalue weighted by Gasteiger charge is -2.28. The molecule has 4 heterocycles. The number of methoxy groups -OCH3 is 1. The molecule has 49 heavy (non-hydrogen) atoms. The third-order valence-corrected chi connectivity index (χ3v) is 9.58. The largest absolute Gasteiger partial charge is 0.493 e. The standard InChI is InChI=1S/C38H42N4O6S/c1-23-19-24(22-39-37(45)48-38(2,3)4)9-11-30(23)40-35(43)28-20-29-31(47-17-13-25-14-18-49-34(25)29)21-27(28)26-10-12-32(41-33(26)36(44)46-5)42-15-7-6-8-16-42/h9-12,14,18-21H,6-8,13,15-17,22H2,1-5H3,(H,39,45)(H,40,43). The number of aryl methyl sites for hydroxylation is 1. The fraction of sp³-hybridized carbons (Fsp3) is 0.368. The van der Waals surface area contributed by atoms with Gasteiger partial charge in [-0.05, 0) is 105 Å². The highest BCUT2D eigenvalue weighted by Gasteiger charge is 2.27. The van der Waals surface area contributed by atoms with Gasteiger partial charge in [0.2, 0.25) is 0 Å². The molecule has 0 spiro atoms. The van der Waals surface area contributed by atoms with Crippen LogP contribution < -0.4 is 20.3 Å². The van der Waals surface area contributed by atoms with Crippen LogP contribution in [-0.4, -0.2) is 55.4 Å². The molecule has 0 aliphatic carbocycles. The van der Waals surface area contributed by atoms with Crippen molar-refractivity contribution in [2.45, 2.75) is 65.5 Å². The van der Waals surface area contributed by atoms with Gasteiger partial charge in [0.1, 0.15) is 17.2 Å². The summed E-state index contributed by atoms with van der Waals surface area (Å²) in [5, 5.41) is 7.92. The predicted molar refractivity (Wildman–Crippen MR) is 192 cm³/mol. The number of nitrogens with zero attached hydrogens (tertiary/aromatic N) is 2. The van der Waals surface area contributed by atoms with Gasteiger partial charge >= 0.3 is 12.1 Å². The first-order valence-electron chi connectivity index (χ1n) is 16.6. The molecule has 1 saturated heterocycles. The van der Waals surface area contributed by atoms with Crippen LogP contribution in [0.1, 0.15) is 77.6 Å². The monoisotopic (exact) mass is 682 g/mol. The van der Waals surface area contributed by atoms with Crippen molar-refractivity contribution in [3.05, 3.63) is 81.9 Å². The Morgan fingerprint density at radius 1 is 0.980 bits per heavy atom. The normalized spacial score (nSPS) is 14.1. The van der Waals surface area contributed by atoms with Gasteiger partial charge in [0.25, 0.3) is 5.91 Å². The maximum Gasteiger partial charge on any atom is 0.407 e. The number of carbonyl (C=O) groups excluding carboxylic acids is 3. The number of anilines is 2. The summed E-state index contributed by atoms with van der Waals surface area (Å²) in [5.74, 6) is 0.421. The van der Waals surface area contributed by atoms with Crippen LogP contribution in [-0.2, 0) is 22.4 Å². The second-order valence-corrected chi connectivity index (χ2v) is 14.2. The Balaban J connectivity index is 1.37. The minimum Gasteiger partial charge on any atom is -0.493 e. The molecule has 0 saturated carbocycles. The minimum atomic E-state index is -0.594. The number of hydrogen-bond donors (Lipinski definition) is 2. The molecule has 10 nitrogen and oxygen atoms in total. The van der Waals surface area contributed by atoms with E-state index in [2.05, 4.69) is 27.0 Å². The van der Waals surface area contributed by atoms with E-state index in [9.17, 15) is 14.4 Å². The zero-order chi connectivity index (χ0) is 34.7. The number of rotatable bonds is 7. The quantitative estimate of drug-likeness (QED) is 0.190. The van der Waals surface area contributed by atoms with Gasteiger partial charge < -0.3 is 29.7 Å². The molecule has 0 radical (unpaired) electrons. The Morgan fingerprint density at radius 2 is 1.78 bits per heavy atom. The summed E-state index contributed by atoms with van der Waals surface area (Å²) in [7, 11) is 1.34. The number of amides is 2. The van der Waals surface area contributed by atoms with E-state index in [1.54, 1.807) is 11.3 Å². The van der Waals surface area contributed by atoms with E-state index in [1.807, 2.05) is 70.2 Å². The number of hydrogen-bond acceptors (Lipinski definition) is 9. The molecule has 0 atom stereocenters. The maximum atomic E-state index is 14.3. The molecule has 2 aromatic carbocycles. The molecule has 1 fully saturated rings. The second kappa shape index (κ2) is 14.3. The van der Waals surface area contributed by atoms with Crippen LogP contribution in [0.15, 0.2) is 53.9 Å². The highest BCUT2D eigenvalue weighted by atomic mass is 32.1. The summed E-state index contributed by atoms with van der Waals surface area (Å²) < 4.78 is 16.8. The van der Waals surface area contributed by atoms with Gasteiger partial charge in [-0.25, -0.2) is 14.6 Å². The van der Waals surface area contributed by atoms with Gasteiger partial charge in [-0.2, -0.15) is 0 Å². The number of ether oxygens (including phenoxy) is 3. The number of esters is 1. The fourth-order valence-electron chi connectivity index (χ4n) is 6.20. The van der Waals surface area contributed by atoms with Gasteiger partial charge in [0.15, 0.2) is 5.69 Å². The van der Waals surface area contributed by atoms with Gasteiger partial charge in [0, 0.05) is 58.9 Å². The van der Waals surface area contributed by atoms with Crippen LogP contribution >= 0.6 is 11.3 Å². The van der Waals surface area contributed by atoms with Crippen molar-refractivity contribution in [3.63, 3.8) is 0 Å². The van der Waals surface area contributed by atoms with Gasteiger partial charge in [-0.15, -0.1) is 11.3 Å². The summed E-state index contributed by atoms with van der Waals surface area (Å²) in [5.41, 5.74) is 5.21. The first kappa shape index (κ1) is 34.0. The molecule has 256 valence electrons. The Hall–Kier alpha value is -4.90. The third-order valence-electron chi connectivity index (χ3n) is 8.59. The number of alkyl carbamates (subject to hydrolysis) is 1. The number of nitrogens with one attached hydrogen (secondary N) is 2. The molecular formula is C38H42N4O6S. The lowest BCUT2D eigenvalue weighted by molar-refractivity contribution is 0.0522. The Bertz CT molecular complexity index is 1890. The van der Waals surface area contributed by atoms with Crippen LogP contribution in [0.4, 0.5) is 16.3 Å². The molecule has 11 heteroatoms. The molecule has 6 rings (SSSR count). The molecule has 2 aromatic heterocycles. The summed E-state index contributed by atoms with van der Waals surface area (Å²) in [6.07, 6.45) is 3.55. The Labute approximate surface area is 290 Å². The number of aromatic nitrogens is 1. The molecule has 2 aliphatic rings. The molecule has 2 amide bonds. The number of thiophene rings is 1. The van der Waals surface area contributed by atoms with Crippen LogP contribution in [0.5, 0.6) is 5.75 Å². The lowest BCUT2D eigenvalue weighted by atomic mass is 9.93. The SMILES string of the molecule is COC(=O)c1nc(N2CCCCC2)ccc1-c1cc2c(cc1C(=O)Nc1ccc(CNC(=O)OC(C)(C)C)cc1C)-c1sccc1CCO2. The van der Waals surface area contributed by atoms with Crippen molar-refractivity contribution in [1.29, 1.82) is 0 Å². The summed E-state index contributed by atoms with van der Waals surface area (Å²) in [4.78, 5) is 47.8. The smallest absolute Gasteiger partial charge is 0.407 e. The third kappa shape index (κ3) is 7.72. The fourth-order valence-corrected chi connectivity index (χ4v) is 7.18. The van der Waals surface area contributed by atoms with Gasteiger partial charge in [-0.3, -0.25) is 4.79 Å². The summed E-state index contributed by atoms with van der Waals surface area (Å²) in [6, 6.07) is 15.1. The number of benzene rings is 2. The number of fused-ring (bicyclic) bond motifs is 3. The van der Waals surface area contributed by atoms with E-state index in [0.29, 0.717) is 40.6 Å². The van der Waals surface area contributed by atoms with Crippen molar-refractivity contribution in [2.75, 3.05) is 37.0 Å². The Morgan fingerprint density at radius 3 is 2.51 bits per heavy atom. The van der Waals surface area contributed by atoms with Crippen molar-refractivity contribution in [3.8, 4) is 27.3 Å². The molecule has 0 bridgehead atoms. The van der Waals surface area contributed by atoms with E-state index in [-0.39, 0.29) is 18.1 Å². The molecule has 4 aromatic rings. The first-order valence-corrected chi connectivity index (χ1v) is 17.5. The number of pyridine rings is 1. The van der Waals surface area contributed by atoms with Crippen molar-refractivity contribution in [1.82, 2.24) is 10.3 Å². The van der Waals surface area contributed by atoms with Gasteiger partial charge in [0.05, 0.1) is 13.7 Å². The second-order valence-electron chi connectivity index (χ2n) is 13.3. The number of piperidine rings is 1. The minimum absolute atomic E-state index is 0.142. The van der Waals surface area contributed by atoms with Crippen molar-refractivity contribution in [2.24, 2.45) is 0 Å². The molecule has 0 unspecified atom stereocenters. The van der Waals surface area contributed by atoms with Crippen LogP contribution in [0.2, 0.25) is 0 Å². The highest BCUT2D eigenvalue weighted by molar-refractivity contribution is 7.13. The van der Waals surface area contributed by atoms with Crippen molar-refractivity contribution >= 4 is 40.8 Å². The van der Waals surface area contributed by atoms with Gasteiger partial charge in [-0.1, -0.05) is 12.1 Å². The lowest BCUT2D eigenvalue weighted by Crippen LogP contribution is -2.32. The maximum absolute atomic E-state index is 14.3. The average Bonchev–Trinajstić information content (AvgIpc) is 3.48. The summed E-state index contributed by atoms with van der Waals surface area (Å²) >= 11 is 1.61. The topological polar surface area (TPSA) is 119 Å². The van der Waals surface area contributed by atoms with Crippen LogP contribution in [0, 0.1) is 6.92 Å². The molecule has 2 aliphatic heterocycles. The molecule has 2 N–H and O–H groups in total. The van der Waals surface area contributed by atoms with Crippen molar-refractivity contribution < 1.29 is 28.6 Å². The van der Waals surface area contributed by atoms with Crippen LogP contribution in [0.3, 0.4) is 0 Å². The van der Waals surface area contributed by atoms with E-state index in [0.717, 1.165) is 59.5 Å². The van der Waals surface area contributed by atoms with Crippen LogP contribution in [0.25, 0.3) is 21.6 Å². The summed E-state index contributed by atoms with van der Waals surface area (Å²) in [6.45, 7) is 9.84. The average molecular weight is 683 g/mol. The van der Waals surface area contributed by atoms with E-state index < -0.39 is 17.7 Å². The predicted octanol–water partition coefficient (Wildman–Crippen LogP) is 7.77. The zero-order valence-corrected chi connectivity index (χ0v) is 29.4. The Kier molecular flexibility index (Phi) is 9.91. The zero-order valence-electron chi connectivity index (χ0n) is 28.6. The van der Waals surface area contributed by atoms with E-state index in [4.69, 9.17) is 19.2 Å². The molecular weight excluding hydrogens is 641 g/mol. The highest BCUT2D eigenvalue weighted by Crippen LogP contribution is 2.43. The number of carbonyl (C=O) groups is 3. The van der Waals surface area contributed by atoms with E-state index in [1.165, 1.54) is 13.5 Å². The first-order chi connectivity index (χ1) is 23.5. The van der Waals surface area contributed by atoms with E-state index >= 15 is 0 Å².